The Hall–Kier alpha value is -2.40. The molecule has 2 atom stereocenters. The molecule has 2 unspecified atom stereocenters. The molecule has 2 aromatic carbocycles. The zero-order valence-corrected chi connectivity index (χ0v) is 13.3. The Morgan fingerprint density at radius 2 is 1.83 bits per heavy atom. The van der Waals surface area contributed by atoms with Gasteiger partial charge in [-0.25, -0.2) is 0 Å². The van der Waals surface area contributed by atoms with Gasteiger partial charge in [-0.3, -0.25) is 9.69 Å². The fourth-order valence-corrected chi connectivity index (χ4v) is 3.70. The summed E-state index contributed by atoms with van der Waals surface area (Å²) in [6.45, 7) is 0.864. The monoisotopic (exact) mass is 323 g/mol. The van der Waals surface area contributed by atoms with Crippen molar-refractivity contribution in [2.24, 2.45) is 0 Å². The molecule has 0 aliphatic carbocycles. The van der Waals surface area contributed by atoms with Gasteiger partial charge in [-0.2, -0.15) is 0 Å². The number of benzene rings is 2. The van der Waals surface area contributed by atoms with E-state index in [-0.39, 0.29) is 11.9 Å². The first-order chi connectivity index (χ1) is 11.2. The van der Waals surface area contributed by atoms with Crippen molar-refractivity contribution >= 4 is 34.6 Å². The van der Waals surface area contributed by atoms with Crippen LogP contribution in [-0.2, 0) is 4.79 Å². The predicted molar refractivity (Wildman–Crippen MR) is 95.7 cm³/mol. The van der Waals surface area contributed by atoms with Crippen molar-refractivity contribution in [3.8, 4) is 0 Å². The first kappa shape index (κ1) is 14.2. The number of amides is 1. The van der Waals surface area contributed by atoms with Crippen molar-refractivity contribution in [1.82, 2.24) is 5.32 Å². The van der Waals surface area contributed by atoms with Gasteiger partial charge in [0, 0.05) is 18.2 Å². The lowest BCUT2D eigenvalue weighted by Gasteiger charge is -2.16. The second kappa shape index (κ2) is 5.66. The summed E-state index contributed by atoms with van der Waals surface area (Å²) in [7, 11) is 0. The van der Waals surface area contributed by atoms with Crippen LogP contribution in [0.2, 0.25) is 0 Å². The zero-order valence-electron chi connectivity index (χ0n) is 12.5. The standard InChI is InChI=1S/C18H17N3OS/c22-17-16(10-12-11-19-15-9-5-4-8-14(12)15)20-18(23)21(17)13-6-2-1-3-7-13/h1-9,12,16,19H,10-11H2,(H,20,23). The molecule has 2 aliphatic heterocycles. The molecule has 2 heterocycles. The molecule has 4 rings (SSSR count). The second-order valence-electron chi connectivity index (χ2n) is 5.91. The molecule has 5 heteroatoms. The van der Waals surface area contributed by atoms with Crippen LogP contribution in [0.3, 0.4) is 0 Å². The Bertz CT molecular complexity index is 762. The Morgan fingerprint density at radius 3 is 2.65 bits per heavy atom. The van der Waals surface area contributed by atoms with Gasteiger partial charge in [0.2, 0.25) is 0 Å². The van der Waals surface area contributed by atoms with E-state index >= 15 is 0 Å². The average molecular weight is 323 g/mol. The number of hydrogen-bond donors (Lipinski definition) is 2. The molecule has 0 bridgehead atoms. The fraction of sp³-hybridized carbons (Fsp3) is 0.222. The number of hydrogen-bond acceptors (Lipinski definition) is 3. The summed E-state index contributed by atoms with van der Waals surface area (Å²) in [6, 6.07) is 17.6. The summed E-state index contributed by atoms with van der Waals surface area (Å²) in [6.07, 6.45) is 0.742. The number of rotatable bonds is 3. The van der Waals surface area contributed by atoms with Gasteiger partial charge in [0.25, 0.3) is 5.91 Å². The number of para-hydroxylation sites is 2. The minimum absolute atomic E-state index is 0.0329. The highest BCUT2D eigenvalue weighted by molar-refractivity contribution is 7.80. The van der Waals surface area contributed by atoms with E-state index in [4.69, 9.17) is 12.2 Å². The van der Waals surface area contributed by atoms with Crippen LogP contribution in [0, 0.1) is 0 Å². The number of anilines is 2. The third-order valence-corrected chi connectivity index (χ3v) is 4.79. The van der Waals surface area contributed by atoms with Gasteiger partial charge in [0.15, 0.2) is 5.11 Å². The summed E-state index contributed by atoms with van der Waals surface area (Å²) in [5, 5.41) is 7.09. The van der Waals surface area contributed by atoms with E-state index in [1.54, 1.807) is 4.90 Å². The Balaban J connectivity index is 1.54. The normalized spacial score (nSPS) is 22.7. The van der Waals surface area contributed by atoms with Crippen molar-refractivity contribution in [3.05, 3.63) is 60.2 Å². The van der Waals surface area contributed by atoms with Crippen LogP contribution in [0.5, 0.6) is 0 Å². The van der Waals surface area contributed by atoms with E-state index in [9.17, 15) is 4.79 Å². The van der Waals surface area contributed by atoms with Gasteiger partial charge in [0.05, 0.1) is 5.69 Å². The molecule has 4 nitrogen and oxygen atoms in total. The van der Waals surface area contributed by atoms with Crippen molar-refractivity contribution in [1.29, 1.82) is 0 Å². The largest absolute Gasteiger partial charge is 0.384 e. The third-order valence-electron chi connectivity index (χ3n) is 4.49. The van der Waals surface area contributed by atoms with Crippen molar-refractivity contribution in [2.75, 3.05) is 16.8 Å². The number of thiocarbonyl (C=S) groups is 1. The molecule has 1 saturated heterocycles. The topological polar surface area (TPSA) is 44.4 Å². The number of carbonyl (C=O) groups excluding carboxylic acids is 1. The van der Waals surface area contributed by atoms with Crippen LogP contribution in [0.15, 0.2) is 54.6 Å². The minimum atomic E-state index is -0.263. The van der Waals surface area contributed by atoms with Gasteiger partial charge in [-0.05, 0) is 42.4 Å². The van der Waals surface area contributed by atoms with Crippen molar-refractivity contribution in [3.63, 3.8) is 0 Å². The van der Waals surface area contributed by atoms with Gasteiger partial charge in [-0.1, -0.05) is 36.4 Å². The van der Waals surface area contributed by atoms with Gasteiger partial charge in [0.1, 0.15) is 6.04 Å². The molecule has 2 aromatic rings. The third kappa shape index (κ3) is 2.47. The highest BCUT2D eigenvalue weighted by Gasteiger charge is 2.38. The summed E-state index contributed by atoms with van der Waals surface area (Å²) in [5.41, 5.74) is 3.28. The maximum atomic E-state index is 12.8. The molecular formula is C18H17N3OS. The predicted octanol–water partition coefficient (Wildman–Crippen LogP) is 2.88. The fourth-order valence-electron chi connectivity index (χ4n) is 3.36. The zero-order chi connectivity index (χ0) is 15.8. The van der Waals surface area contributed by atoms with Crippen LogP contribution >= 0.6 is 12.2 Å². The van der Waals surface area contributed by atoms with Crippen molar-refractivity contribution < 1.29 is 4.79 Å². The first-order valence-corrected chi connectivity index (χ1v) is 8.17. The smallest absolute Gasteiger partial charge is 0.255 e. The Morgan fingerprint density at radius 1 is 1.09 bits per heavy atom. The van der Waals surface area contributed by atoms with E-state index in [1.165, 1.54) is 11.3 Å². The van der Waals surface area contributed by atoms with Crippen LogP contribution in [0.1, 0.15) is 17.9 Å². The molecule has 0 spiro atoms. The SMILES string of the molecule is O=C1C(CC2CNc3ccccc32)NC(=S)N1c1ccccc1. The maximum absolute atomic E-state index is 12.8. The molecule has 23 heavy (non-hydrogen) atoms. The average Bonchev–Trinajstić information content (AvgIpc) is 3.10. The Kier molecular flexibility index (Phi) is 3.50. The van der Waals surface area contributed by atoms with Crippen LogP contribution in [-0.4, -0.2) is 23.6 Å². The van der Waals surface area contributed by atoms with Crippen LogP contribution in [0.25, 0.3) is 0 Å². The van der Waals surface area contributed by atoms with Gasteiger partial charge >= 0.3 is 0 Å². The first-order valence-electron chi connectivity index (χ1n) is 7.76. The lowest BCUT2D eigenvalue weighted by Crippen LogP contribution is -2.32. The molecule has 0 saturated carbocycles. The molecule has 0 aromatic heterocycles. The minimum Gasteiger partial charge on any atom is -0.384 e. The molecule has 1 amide bonds. The molecule has 116 valence electrons. The quantitative estimate of drug-likeness (QED) is 0.853. The summed E-state index contributed by atoms with van der Waals surface area (Å²) < 4.78 is 0. The number of fused-ring (bicyclic) bond motifs is 1. The lowest BCUT2D eigenvalue weighted by atomic mass is 9.94. The van der Waals surface area contributed by atoms with E-state index in [2.05, 4.69) is 22.8 Å². The second-order valence-corrected chi connectivity index (χ2v) is 6.30. The molecule has 2 aliphatic rings. The van der Waals surface area contributed by atoms with E-state index < -0.39 is 0 Å². The number of nitrogens with zero attached hydrogens (tertiary/aromatic N) is 1. The number of nitrogens with one attached hydrogen (secondary N) is 2. The molecule has 0 radical (unpaired) electrons. The highest BCUT2D eigenvalue weighted by Crippen LogP contribution is 2.35. The molecular weight excluding hydrogens is 306 g/mol. The molecule has 2 N–H and O–H groups in total. The van der Waals surface area contributed by atoms with Gasteiger partial charge < -0.3 is 10.6 Å². The van der Waals surface area contributed by atoms with E-state index in [0.29, 0.717) is 11.0 Å². The van der Waals surface area contributed by atoms with Crippen LogP contribution < -0.4 is 15.5 Å². The number of carbonyl (C=O) groups is 1. The van der Waals surface area contributed by atoms with Gasteiger partial charge in [-0.15, -0.1) is 0 Å². The van der Waals surface area contributed by atoms with E-state index in [1.807, 2.05) is 42.5 Å². The van der Waals surface area contributed by atoms with Crippen LogP contribution in [0.4, 0.5) is 11.4 Å². The summed E-state index contributed by atoms with van der Waals surface area (Å²) >= 11 is 5.37. The Labute approximate surface area is 140 Å². The summed E-state index contributed by atoms with van der Waals surface area (Å²) in [4.78, 5) is 14.4. The molecule has 1 fully saturated rings. The summed E-state index contributed by atoms with van der Waals surface area (Å²) in [5.74, 6) is 0.358. The maximum Gasteiger partial charge on any atom is 0.255 e. The highest BCUT2D eigenvalue weighted by atomic mass is 32.1. The lowest BCUT2D eigenvalue weighted by molar-refractivity contribution is -0.118. The van der Waals surface area contributed by atoms with Crippen molar-refractivity contribution in [2.45, 2.75) is 18.4 Å². The van der Waals surface area contributed by atoms with E-state index in [0.717, 1.165) is 18.7 Å².